The van der Waals surface area contributed by atoms with E-state index >= 15 is 0 Å². The van der Waals surface area contributed by atoms with Gasteiger partial charge in [-0.3, -0.25) is 4.79 Å². The first kappa shape index (κ1) is 15.5. The Bertz CT molecular complexity index is 188. The Labute approximate surface area is 117 Å². The third-order valence-corrected chi connectivity index (χ3v) is 3.09. The summed E-state index contributed by atoms with van der Waals surface area (Å²) in [6.07, 6.45) is 8.90. The third-order valence-electron chi connectivity index (χ3n) is 3.09. The maximum Gasteiger partial charge on any atom is 1.00 e. The molecule has 1 aliphatic rings. The van der Waals surface area contributed by atoms with Crippen LogP contribution in [0.25, 0.3) is 0 Å². The minimum absolute atomic E-state index is 0. The van der Waals surface area contributed by atoms with E-state index < -0.39 is 0 Å². The molecule has 0 bridgehead atoms. The van der Waals surface area contributed by atoms with E-state index in [0.29, 0.717) is 5.92 Å². The topological polar surface area (TPSA) is 26.3 Å². The molecule has 1 aliphatic carbocycles. The average molecular weight is 222 g/mol. The van der Waals surface area contributed by atoms with Gasteiger partial charge in [0.05, 0.1) is 0 Å². The molecule has 0 saturated heterocycles. The molecular weight excluding hydrogens is 199 g/mol. The zero-order valence-corrected chi connectivity index (χ0v) is 12.4. The molecule has 0 amide bonds. The maximum absolute atomic E-state index is 10.9. The molecule has 0 N–H and O–H groups in total. The van der Waals surface area contributed by atoms with Crippen molar-refractivity contribution in [3.8, 4) is 0 Å². The summed E-state index contributed by atoms with van der Waals surface area (Å²) in [5, 5.41) is 0. The van der Waals surface area contributed by atoms with Crippen LogP contribution in [-0.2, 0) is 9.53 Å². The van der Waals surface area contributed by atoms with Crippen molar-refractivity contribution >= 4 is 5.97 Å². The maximum atomic E-state index is 10.9. The minimum atomic E-state index is -0.114. The van der Waals surface area contributed by atoms with Gasteiger partial charge in [0.15, 0.2) is 0 Å². The SMILES string of the molecule is CCCCCC1CCCC1OC(C)=O.[H-].[Na+]. The molecule has 0 heterocycles. The Kier molecular flexibility index (Phi) is 8.87. The zero-order chi connectivity index (χ0) is 10.4. The van der Waals surface area contributed by atoms with Gasteiger partial charge in [-0.15, -0.1) is 0 Å². The van der Waals surface area contributed by atoms with Gasteiger partial charge in [0, 0.05) is 6.92 Å². The smallest absolute Gasteiger partial charge is 1.00 e. The summed E-state index contributed by atoms with van der Waals surface area (Å²) in [5.74, 6) is 0.530. The van der Waals surface area contributed by atoms with Gasteiger partial charge in [-0.25, -0.2) is 0 Å². The predicted octanol–water partition coefficient (Wildman–Crippen LogP) is 0.415. The van der Waals surface area contributed by atoms with Gasteiger partial charge in [-0.1, -0.05) is 26.2 Å². The first-order chi connectivity index (χ1) is 6.74. The molecule has 0 spiro atoms. The van der Waals surface area contributed by atoms with E-state index in [9.17, 15) is 4.79 Å². The van der Waals surface area contributed by atoms with Crippen molar-refractivity contribution in [1.82, 2.24) is 0 Å². The number of carbonyl (C=O) groups excluding carboxylic acids is 1. The fourth-order valence-corrected chi connectivity index (χ4v) is 2.36. The molecule has 0 aromatic rings. The molecule has 1 saturated carbocycles. The van der Waals surface area contributed by atoms with Crippen molar-refractivity contribution in [2.75, 3.05) is 0 Å². The average Bonchev–Trinajstić information content (AvgIpc) is 2.52. The van der Waals surface area contributed by atoms with Crippen LogP contribution in [0.3, 0.4) is 0 Å². The van der Waals surface area contributed by atoms with Crippen molar-refractivity contribution < 1.29 is 40.5 Å². The van der Waals surface area contributed by atoms with Crippen LogP contribution in [0.5, 0.6) is 0 Å². The second kappa shape index (κ2) is 8.60. The number of hydrogen-bond donors (Lipinski definition) is 0. The van der Waals surface area contributed by atoms with E-state index in [0.717, 1.165) is 6.42 Å². The molecule has 1 rings (SSSR count). The Balaban J connectivity index is 0. The summed E-state index contributed by atoms with van der Waals surface area (Å²) in [5.41, 5.74) is 0. The van der Waals surface area contributed by atoms with Crippen molar-refractivity contribution in [2.45, 2.75) is 64.9 Å². The van der Waals surface area contributed by atoms with Crippen LogP contribution in [0, 0.1) is 5.92 Å². The van der Waals surface area contributed by atoms with E-state index in [1.807, 2.05) is 0 Å². The number of hydrogen-bond acceptors (Lipinski definition) is 2. The van der Waals surface area contributed by atoms with Crippen LogP contribution in [0.2, 0.25) is 0 Å². The van der Waals surface area contributed by atoms with Crippen molar-refractivity contribution in [1.29, 1.82) is 0 Å². The predicted molar refractivity (Wildman–Crippen MR) is 58.1 cm³/mol. The second-order valence-corrected chi connectivity index (χ2v) is 4.33. The molecule has 1 fully saturated rings. The van der Waals surface area contributed by atoms with Crippen molar-refractivity contribution in [3.05, 3.63) is 0 Å². The van der Waals surface area contributed by atoms with Gasteiger partial charge in [0.25, 0.3) is 0 Å². The number of unbranched alkanes of at least 4 members (excludes halogenated alkanes) is 2. The van der Waals surface area contributed by atoms with Gasteiger partial charge in [0.1, 0.15) is 6.10 Å². The number of carbonyl (C=O) groups is 1. The summed E-state index contributed by atoms with van der Waals surface area (Å²) >= 11 is 0. The summed E-state index contributed by atoms with van der Waals surface area (Å²) in [7, 11) is 0. The molecule has 2 nitrogen and oxygen atoms in total. The molecule has 84 valence electrons. The van der Waals surface area contributed by atoms with Crippen LogP contribution < -0.4 is 29.6 Å². The molecule has 0 aromatic heterocycles. The molecule has 2 unspecified atom stereocenters. The Morgan fingerprint density at radius 2 is 2.13 bits per heavy atom. The molecule has 15 heavy (non-hydrogen) atoms. The summed E-state index contributed by atoms with van der Waals surface area (Å²) in [6, 6.07) is 0. The van der Waals surface area contributed by atoms with Crippen molar-refractivity contribution in [2.24, 2.45) is 5.92 Å². The monoisotopic (exact) mass is 222 g/mol. The first-order valence-electron chi connectivity index (χ1n) is 5.91. The van der Waals surface area contributed by atoms with Gasteiger partial charge in [0.2, 0.25) is 0 Å². The normalized spacial score (nSPS) is 24.7. The van der Waals surface area contributed by atoms with E-state index in [-0.39, 0.29) is 43.1 Å². The standard InChI is InChI=1S/C12H22O2.Na.H/c1-3-4-5-7-11-8-6-9-12(11)14-10(2)13;;/h11-12H,3-9H2,1-2H3;;/q;+1;-1. The van der Waals surface area contributed by atoms with Crippen LogP contribution in [0.15, 0.2) is 0 Å². The minimum Gasteiger partial charge on any atom is -1.00 e. The second-order valence-electron chi connectivity index (χ2n) is 4.33. The van der Waals surface area contributed by atoms with E-state index in [1.54, 1.807) is 0 Å². The quantitative estimate of drug-likeness (QED) is 0.383. The summed E-state index contributed by atoms with van der Waals surface area (Å²) < 4.78 is 5.32. The van der Waals surface area contributed by atoms with Gasteiger partial charge >= 0.3 is 35.5 Å². The molecule has 3 heteroatoms. The van der Waals surface area contributed by atoms with E-state index in [2.05, 4.69) is 6.92 Å². The number of ether oxygens (including phenoxy) is 1. The van der Waals surface area contributed by atoms with E-state index in [4.69, 9.17) is 4.74 Å². The number of esters is 1. The van der Waals surface area contributed by atoms with Gasteiger partial charge < -0.3 is 6.16 Å². The fourth-order valence-electron chi connectivity index (χ4n) is 2.36. The molecule has 0 radical (unpaired) electrons. The Morgan fingerprint density at radius 3 is 2.73 bits per heavy atom. The zero-order valence-electron chi connectivity index (χ0n) is 11.4. The summed E-state index contributed by atoms with van der Waals surface area (Å²) in [4.78, 5) is 10.9. The van der Waals surface area contributed by atoms with Crippen LogP contribution in [0.4, 0.5) is 0 Å². The van der Waals surface area contributed by atoms with Crippen LogP contribution >= 0.6 is 0 Å². The molecular formula is C12H23NaO2. The van der Waals surface area contributed by atoms with E-state index in [1.165, 1.54) is 45.4 Å². The molecule has 2 atom stereocenters. The first-order valence-corrected chi connectivity index (χ1v) is 5.91. The van der Waals surface area contributed by atoms with Crippen LogP contribution in [-0.4, -0.2) is 12.1 Å². The largest absolute Gasteiger partial charge is 1.00 e. The molecule has 0 aromatic carbocycles. The Morgan fingerprint density at radius 1 is 1.40 bits per heavy atom. The fraction of sp³-hybridized carbons (Fsp3) is 0.917. The third kappa shape index (κ3) is 5.94. The Hall–Kier alpha value is 0.470. The van der Waals surface area contributed by atoms with Gasteiger partial charge in [-0.05, 0) is 31.6 Å². The van der Waals surface area contributed by atoms with Gasteiger partial charge in [-0.2, -0.15) is 0 Å². The van der Waals surface area contributed by atoms with Crippen LogP contribution in [0.1, 0.15) is 60.2 Å². The number of rotatable bonds is 5. The molecule has 0 aliphatic heterocycles. The summed E-state index contributed by atoms with van der Waals surface area (Å²) in [6.45, 7) is 3.74. The van der Waals surface area contributed by atoms with Crippen molar-refractivity contribution in [3.63, 3.8) is 0 Å².